The van der Waals surface area contributed by atoms with Crippen molar-refractivity contribution in [3.8, 4) is 17.3 Å². The number of nitrogens with two attached hydrogens (primary N) is 1. The van der Waals surface area contributed by atoms with E-state index >= 15 is 0 Å². The fourth-order valence-electron chi connectivity index (χ4n) is 1.54. The Hall–Kier alpha value is -2.67. The number of carbonyl (C=O) groups is 1. The highest BCUT2D eigenvalue weighted by Crippen LogP contribution is 2.21. The van der Waals surface area contributed by atoms with Gasteiger partial charge in [0.05, 0.1) is 22.9 Å². The number of carbonyl (C=O) groups excluding carboxylic acids is 1. The van der Waals surface area contributed by atoms with Gasteiger partial charge in [-0.25, -0.2) is 0 Å². The van der Waals surface area contributed by atoms with Gasteiger partial charge >= 0.3 is 0 Å². The average Bonchev–Trinajstić information content (AvgIpc) is 2.39. The van der Waals surface area contributed by atoms with Crippen LogP contribution >= 0.6 is 0 Å². The lowest BCUT2D eigenvalue weighted by atomic mass is 10.0. The summed E-state index contributed by atoms with van der Waals surface area (Å²) in [5.74, 6) is -0.516. The molecule has 0 aliphatic rings. The van der Waals surface area contributed by atoms with Crippen LogP contribution in [0, 0.1) is 11.3 Å². The first kappa shape index (κ1) is 10.8. The zero-order valence-corrected chi connectivity index (χ0v) is 8.92. The summed E-state index contributed by atoms with van der Waals surface area (Å²) >= 11 is 0. The topological polar surface area (TPSA) is 79.8 Å². The molecule has 0 radical (unpaired) electrons. The van der Waals surface area contributed by atoms with Crippen LogP contribution in [-0.2, 0) is 0 Å². The smallest absolute Gasteiger partial charge is 0.250 e. The fourth-order valence-corrected chi connectivity index (χ4v) is 1.54. The molecule has 1 amide bonds. The van der Waals surface area contributed by atoms with Gasteiger partial charge in [0.1, 0.15) is 0 Å². The largest absolute Gasteiger partial charge is 0.366 e. The molecule has 0 saturated carbocycles. The molecule has 1 aromatic heterocycles. The van der Waals surface area contributed by atoms with Crippen molar-refractivity contribution in [3.05, 3.63) is 53.7 Å². The molecule has 0 saturated heterocycles. The number of hydrogen-bond acceptors (Lipinski definition) is 3. The molecule has 2 rings (SSSR count). The summed E-state index contributed by atoms with van der Waals surface area (Å²) in [6, 6.07) is 12.2. The Kier molecular flexibility index (Phi) is 2.84. The molecule has 0 spiro atoms. The van der Waals surface area contributed by atoms with E-state index in [4.69, 9.17) is 11.0 Å². The van der Waals surface area contributed by atoms with Crippen molar-refractivity contribution in [2.75, 3.05) is 0 Å². The molecule has 0 atom stereocenters. The Morgan fingerprint density at radius 1 is 1.24 bits per heavy atom. The third kappa shape index (κ3) is 2.13. The van der Waals surface area contributed by atoms with E-state index in [1.54, 1.807) is 42.6 Å². The Balaban J connectivity index is 2.53. The minimum absolute atomic E-state index is 0.372. The average molecular weight is 223 g/mol. The SMILES string of the molecule is N#Cc1ccc(-c2ncccc2C(N)=O)cc1. The first-order chi connectivity index (χ1) is 8.22. The zero-order valence-electron chi connectivity index (χ0n) is 8.92. The van der Waals surface area contributed by atoms with E-state index in [-0.39, 0.29) is 0 Å². The molecule has 0 aliphatic heterocycles. The number of nitrogens with zero attached hydrogens (tertiary/aromatic N) is 2. The molecule has 17 heavy (non-hydrogen) atoms. The highest BCUT2D eigenvalue weighted by molar-refractivity contribution is 5.98. The Bertz CT molecular complexity index is 597. The van der Waals surface area contributed by atoms with Gasteiger partial charge in [-0.1, -0.05) is 12.1 Å². The molecular formula is C13H9N3O. The second-order valence-corrected chi connectivity index (χ2v) is 3.45. The molecule has 2 N–H and O–H groups in total. The summed E-state index contributed by atoms with van der Waals surface area (Å²) in [5.41, 5.74) is 7.50. The van der Waals surface area contributed by atoms with E-state index in [9.17, 15) is 4.79 Å². The van der Waals surface area contributed by atoms with Gasteiger partial charge in [-0.05, 0) is 24.3 Å². The lowest BCUT2D eigenvalue weighted by Gasteiger charge is -2.05. The van der Waals surface area contributed by atoms with Crippen LogP contribution in [0.2, 0.25) is 0 Å². The van der Waals surface area contributed by atoms with E-state index in [0.717, 1.165) is 5.56 Å². The minimum atomic E-state index is -0.516. The van der Waals surface area contributed by atoms with E-state index in [2.05, 4.69) is 4.98 Å². The van der Waals surface area contributed by atoms with E-state index in [0.29, 0.717) is 16.8 Å². The van der Waals surface area contributed by atoms with Crippen molar-refractivity contribution in [2.24, 2.45) is 5.73 Å². The van der Waals surface area contributed by atoms with Crippen molar-refractivity contribution in [2.45, 2.75) is 0 Å². The van der Waals surface area contributed by atoms with Crippen LogP contribution in [0.25, 0.3) is 11.3 Å². The maximum Gasteiger partial charge on any atom is 0.250 e. The number of aromatic nitrogens is 1. The fraction of sp³-hybridized carbons (Fsp3) is 0. The molecular weight excluding hydrogens is 214 g/mol. The van der Waals surface area contributed by atoms with Crippen LogP contribution in [0.1, 0.15) is 15.9 Å². The van der Waals surface area contributed by atoms with Crippen molar-refractivity contribution in [1.29, 1.82) is 5.26 Å². The van der Waals surface area contributed by atoms with Crippen LogP contribution in [0.3, 0.4) is 0 Å². The van der Waals surface area contributed by atoms with Crippen molar-refractivity contribution in [1.82, 2.24) is 4.98 Å². The van der Waals surface area contributed by atoms with Crippen molar-refractivity contribution in [3.63, 3.8) is 0 Å². The minimum Gasteiger partial charge on any atom is -0.366 e. The van der Waals surface area contributed by atoms with Gasteiger partial charge in [0.15, 0.2) is 0 Å². The molecule has 4 nitrogen and oxygen atoms in total. The van der Waals surface area contributed by atoms with Crippen LogP contribution in [0.4, 0.5) is 0 Å². The molecule has 2 aromatic rings. The third-order valence-corrected chi connectivity index (χ3v) is 2.36. The van der Waals surface area contributed by atoms with Crippen LogP contribution < -0.4 is 5.73 Å². The third-order valence-electron chi connectivity index (χ3n) is 2.36. The van der Waals surface area contributed by atoms with Gasteiger partial charge in [-0.3, -0.25) is 9.78 Å². The van der Waals surface area contributed by atoms with Crippen LogP contribution in [-0.4, -0.2) is 10.9 Å². The summed E-state index contributed by atoms with van der Waals surface area (Å²) in [7, 11) is 0. The molecule has 0 fully saturated rings. The number of pyridine rings is 1. The summed E-state index contributed by atoms with van der Waals surface area (Å²) < 4.78 is 0. The first-order valence-electron chi connectivity index (χ1n) is 4.97. The van der Waals surface area contributed by atoms with Gasteiger partial charge in [-0.2, -0.15) is 5.26 Å². The molecule has 1 aromatic carbocycles. The second kappa shape index (κ2) is 4.45. The standard InChI is InChI=1S/C13H9N3O/c14-8-9-3-5-10(6-4-9)12-11(13(15)17)2-1-7-16-12/h1-7H,(H2,15,17). The predicted molar refractivity (Wildman–Crippen MR) is 62.9 cm³/mol. The maximum atomic E-state index is 11.2. The normalized spacial score (nSPS) is 9.59. The molecule has 0 aliphatic carbocycles. The summed E-state index contributed by atoms with van der Waals surface area (Å²) in [4.78, 5) is 15.4. The lowest BCUT2D eigenvalue weighted by molar-refractivity contribution is 0.100. The second-order valence-electron chi connectivity index (χ2n) is 3.45. The summed E-state index contributed by atoms with van der Waals surface area (Å²) in [6.45, 7) is 0. The van der Waals surface area contributed by atoms with E-state index in [1.807, 2.05) is 6.07 Å². The summed E-state index contributed by atoms with van der Waals surface area (Å²) in [5, 5.41) is 8.70. The Morgan fingerprint density at radius 3 is 2.53 bits per heavy atom. The van der Waals surface area contributed by atoms with Crippen LogP contribution in [0.5, 0.6) is 0 Å². The predicted octanol–water partition coefficient (Wildman–Crippen LogP) is 1.72. The number of benzene rings is 1. The van der Waals surface area contributed by atoms with Gasteiger partial charge in [0.2, 0.25) is 0 Å². The number of hydrogen-bond donors (Lipinski definition) is 1. The molecule has 4 heteroatoms. The van der Waals surface area contributed by atoms with Gasteiger partial charge in [0.25, 0.3) is 5.91 Å². The molecule has 0 bridgehead atoms. The van der Waals surface area contributed by atoms with E-state index < -0.39 is 5.91 Å². The Morgan fingerprint density at radius 2 is 1.94 bits per heavy atom. The first-order valence-corrected chi connectivity index (χ1v) is 4.97. The molecule has 0 unspecified atom stereocenters. The van der Waals surface area contributed by atoms with Crippen molar-refractivity contribution >= 4 is 5.91 Å². The van der Waals surface area contributed by atoms with Gasteiger partial charge in [-0.15, -0.1) is 0 Å². The monoisotopic (exact) mass is 223 g/mol. The summed E-state index contributed by atoms with van der Waals surface area (Å²) in [6.07, 6.45) is 1.60. The van der Waals surface area contributed by atoms with Gasteiger partial charge in [0, 0.05) is 11.8 Å². The van der Waals surface area contributed by atoms with E-state index in [1.165, 1.54) is 0 Å². The number of nitriles is 1. The van der Waals surface area contributed by atoms with Crippen LogP contribution in [0.15, 0.2) is 42.6 Å². The number of amides is 1. The lowest BCUT2D eigenvalue weighted by Crippen LogP contribution is -2.12. The Labute approximate surface area is 98.3 Å². The zero-order chi connectivity index (χ0) is 12.3. The highest BCUT2D eigenvalue weighted by Gasteiger charge is 2.10. The van der Waals surface area contributed by atoms with Crippen molar-refractivity contribution < 1.29 is 4.79 Å². The van der Waals surface area contributed by atoms with Gasteiger partial charge < -0.3 is 5.73 Å². The number of rotatable bonds is 2. The number of primary amides is 1. The quantitative estimate of drug-likeness (QED) is 0.841. The molecule has 82 valence electrons. The maximum absolute atomic E-state index is 11.2. The highest BCUT2D eigenvalue weighted by atomic mass is 16.1. The molecule has 1 heterocycles.